The van der Waals surface area contributed by atoms with Crippen LogP contribution in [0.15, 0.2) is 23.1 Å². The molecule has 0 spiro atoms. The molecule has 1 aromatic rings. The van der Waals surface area contributed by atoms with E-state index in [1.54, 1.807) is 18.2 Å². The van der Waals surface area contributed by atoms with E-state index in [0.717, 1.165) is 30.5 Å². The molecule has 2 heterocycles. The molecule has 1 saturated heterocycles. The van der Waals surface area contributed by atoms with Gasteiger partial charge in [-0.1, -0.05) is 6.92 Å². The summed E-state index contributed by atoms with van der Waals surface area (Å²) >= 11 is 0. The number of hydrogen-bond donors (Lipinski definition) is 1. The van der Waals surface area contributed by atoms with E-state index in [2.05, 4.69) is 5.32 Å². The SMILES string of the molecule is CCCNC(=O)[C@@H]1CCCN(S(=O)(=O)c2ccc3c(c2)C[C@@H](C)N3C(=O)C2CC2)C1. The van der Waals surface area contributed by atoms with Gasteiger partial charge in [-0.15, -0.1) is 0 Å². The predicted molar refractivity (Wildman–Crippen MR) is 115 cm³/mol. The lowest BCUT2D eigenvalue weighted by Gasteiger charge is -2.31. The van der Waals surface area contributed by atoms with Gasteiger partial charge in [0.1, 0.15) is 0 Å². The number of fused-ring (bicyclic) bond motifs is 1. The normalized spacial score (nSPS) is 24.5. The van der Waals surface area contributed by atoms with Gasteiger partial charge < -0.3 is 10.2 Å². The Labute approximate surface area is 178 Å². The number of carbonyl (C=O) groups is 2. The van der Waals surface area contributed by atoms with Crippen molar-refractivity contribution in [3.05, 3.63) is 23.8 Å². The minimum Gasteiger partial charge on any atom is -0.356 e. The van der Waals surface area contributed by atoms with E-state index in [-0.39, 0.29) is 41.1 Å². The highest BCUT2D eigenvalue weighted by Gasteiger charge is 2.40. The lowest BCUT2D eigenvalue weighted by atomic mass is 9.99. The van der Waals surface area contributed by atoms with Crippen LogP contribution in [-0.2, 0) is 26.0 Å². The average molecular weight is 434 g/mol. The second-order valence-electron chi connectivity index (χ2n) is 8.82. The molecule has 2 amide bonds. The van der Waals surface area contributed by atoms with E-state index >= 15 is 0 Å². The highest BCUT2D eigenvalue weighted by atomic mass is 32.2. The summed E-state index contributed by atoms with van der Waals surface area (Å²) in [6.45, 7) is 5.27. The third-order valence-corrected chi connectivity index (χ3v) is 8.23. The minimum atomic E-state index is -3.68. The van der Waals surface area contributed by atoms with Gasteiger partial charge in [-0.25, -0.2) is 8.42 Å². The number of sulfonamides is 1. The van der Waals surface area contributed by atoms with Crippen LogP contribution < -0.4 is 10.2 Å². The Morgan fingerprint density at radius 1 is 1.17 bits per heavy atom. The molecule has 164 valence electrons. The second-order valence-corrected chi connectivity index (χ2v) is 10.8. The van der Waals surface area contributed by atoms with Crippen molar-refractivity contribution in [2.45, 2.75) is 63.3 Å². The lowest BCUT2D eigenvalue weighted by molar-refractivity contribution is -0.126. The molecule has 7 nitrogen and oxygen atoms in total. The fourth-order valence-electron chi connectivity index (χ4n) is 4.55. The van der Waals surface area contributed by atoms with Gasteiger partial charge in [0.15, 0.2) is 0 Å². The number of anilines is 1. The van der Waals surface area contributed by atoms with Crippen LogP contribution in [0.25, 0.3) is 0 Å². The molecule has 0 aromatic heterocycles. The summed E-state index contributed by atoms with van der Waals surface area (Å²) in [6, 6.07) is 5.16. The average Bonchev–Trinajstić information content (AvgIpc) is 3.53. The van der Waals surface area contributed by atoms with E-state index in [0.29, 0.717) is 32.4 Å². The van der Waals surface area contributed by atoms with Crippen molar-refractivity contribution in [1.82, 2.24) is 9.62 Å². The molecule has 4 rings (SSSR count). The highest BCUT2D eigenvalue weighted by molar-refractivity contribution is 7.89. The van der Waals surface area contributed by atoms with Gasteiger partial charge in [0.05, 0.1) is 10.8 Å². The van der Waals surface area contributed by atoms with E-state index < -0.39 is 10.0 Å². The molecule has 0 radical (unpaired) electrons. The van der Waals surface area contributed by atoms with Crippen LogP contribution in [0.1, 0.15) is 51.5 Å². The summed E-state index contributed by atoms with van der Waals surface area (Å²) in [5.41, 5.74) is 1.75. The Morgan fingerprint density at radius 3 is 2.63 bits per heavy atom. The Kier molecular flexibility index (Phi) is 5.90. The zero-order valence-electron chi connectivity index (χ0n) is 17.8. The Morgan fingerprint density at radius 2 is 1.93 bits per heavy atom. The molecule has 0 unspecified atom stereocenters. The molecule has 8 heteroatoms. The molecule has 1 aliphatic carbocycles. The van der Waals surface area contributed by atoms with Gasteiger partial charge in [0.25, 0.3) is 0 Å². The molecular weight excluding hydrogens is 402 g/mol. The summed E-state index contributed by atoms with van der Waals surface area (Å²) in [7, 11) is -3.68. The second kappa shape index (κ2) is 8.30. The Bertz CT molecular complexity index is 942. The maximum absolute atomic E-state index is 13.3. The predicted octanol–water partition coefficient (Wildman–Crippen LogP) is 2.30. The Hall–Kier alpha value is -1.93. The zero-order chi connectivity index (χ0) is 21.5. The van der Waals surface area contributed by atoms with Gasteiger partial charge in [-0.05, 0) is 69.2 Å². The Balaban J connectivity index is 1.53. The number of piperidine rings is 1. The molecule has 1 N–H and O–H groups in total. The summed E-state index contributed by atoms with van der Waals surface area (Å²) in [4.78, 5) is 27.1. The third-order valence-electron chi connectivity index (χ3n) is 6.37. The fourth-order valence-corrected chi connectivity index (χ4v) is 6.12. The largest absolute Gasteiger partial charge is 0.356 e. The number of hydrogen-bond acceptors (Lipinski definition) is 4. The van der Waals surface area contributed by atoms with Crippen molar-refractivity contribution in [1.29, 1.82) is 0 Å². The minimum absolute atomic E-state index is 0.0488. The monoisotopic (exact) mass is 433 g/mol. The maximum atomic E-state index is 13.3. The number of rotatable bonds is 6. The first kappa shape index (κ1) is 21.3. The standard InChI is InChI=1S/C22H31N3O4S/c1-3-10-23-21(26)17-5-4-11-24(14-17)30(28,29)19-8-9-20-18(13-19)12-15(2)25(20)22(27)16-6-7-16/h8-9,13,15-17H,3-7,10-12,14H2,1-2H3,(H,23,26)/t15-,17-/m1/s1. The summed E-state index contributed by atoms with van der Waals surface area (Å²) in [5.74, 6) is -0.0743. The molecule has 2 aliphatic heterocycles. The van der Waals surface area contributed by atoms with E-state index in [1.807, 2.05) is 18.7 Å². The third kappa shape index (κ3) is 3.99. The van der Waals surface area contributed by atoms with Crippen LogP contribution in [0.3, 0.4) is 0 Å². The smallest absolute Gasteiger partial charge is 0.243 e. The first-order valence-corrected chi connectivity index (χ1v) is 12.5. The molecular formula is C22H31N3O4S. The molecule has 3 aliphatic rings. The molecule has 0 bridgehead atoms. The number of amides is 2. The molecule has 1 aromatic carbocycles. The van der Waals surface area contributed by atoms with E-state index in [4.69, 9.17) is 0 Å². The van der Waals surface area contributed by atoms with E-state index in [9.17, 15) is 18.0 Å². The molecule has 2 fully saturated rings. The van der Waals surface area contributed by atoms with Crippen LogP contribution in [-0.4, -0.2) is 50.2 Å². The van der Waals surface area contributed by atoms with E-state index in [1.165, 1.54) is 4.31 Å². The summed E-state index contributed by atoms with van der Waals surface area (Å²) in [6.07, 6.45) is 4.81. The molecule has 2 atom stereocenters. The maximum Gasteiger partial charge on any atom is 0.243 e. The van der Waals surface area contributed by atoms with Crippen LogP contribution in [0.2, 0.25) is 0 Å². The van der Waals surface area contributed by atoms with Crippen LogP contribution >= 0.6 is 0 Å². The van der Waals surface area contributed by atoms with Crippen LogP contribution in [0, 0.1) is 11.8 Å². The van der Waals surface area contributed by atoms with Crippen molar-refractivity contribution in [3.63, 3.8) is 0 Å². The number of carbonyl (C=O) groups excluding carboxylic acids is 2. The van der Waals surface area contributed by atoms with Crippen LogP contribution in [0.4, 0.5) is 5.69 Å². The van der Waals surface area contributed by atoms with Gasteiger partial charge in [-0.3, -0.25) is 9.59 Å². The lowest BCUT2D eigenvalue weighted by Crippen LogP contribution is -2.45. The number of nitrogens with zero attached hydrogens (tertiary/aromatic N) is 2. The quantitative estimate of drug-likeness (QED) is 0.746. The van der Waals surface area contributed by atoms with Gasteiger partial charge in [0, 0.05) is 37.3 Å². The van der Waals surface area contributed by atoms with Crippen LogP contribution in [0.5, 0.6) is 0 Å². The van der Waals surface area contributed by atoms with Gasteiger partial charge >= 0.3 is 0 Å². The molecule has 1 saturated carbocycles. The van der Waals surface area contributed by atoms with Gasteiger partial charge in [0.2, 0.25) is 21.8 Å². The van der Waals surface area contributed by atoms with Crippen molar-refractivity contribution in [2.75, 3.05) is 24.5 Å². The number of nitrogens with one attached hydrogen (secondary N) is 1. The molecule has 30 heavy (non-hydrogen) atoms. The first-order valence-electron chi connectivity index (χ1n) is 11.1. The summed E-state index contributed by atoms with van der Waals surface area (Å²) in [5, 5.41) is 2.88. The zero-order valence-corrected chi connectivity index (χ0v) is 18.6. The van der Waals surface area contributed by atoms with Crippen molar-refractivity contribution in [2.24, 2.45) is 11.8 Å². The topological polar surface area (TPSA) is 86.8 Å². The van der Waals surface area contributed by atoms with Crippen molar-refractivity contribution in [3.8, 4) is 0 Å². The first-order chi connectivity index (χ1) is 14.3. The number of benzene rings is 1. The van der Waals surface area contributed by atoms with Crippen molar-refractivity contribution < 1.29 is 18.0 Å². The summed E-state index contributed by atoms with van der Waals surface area (Å²) < 4.78 is 28.0. The fraction of sp³-hybridized carbons (Fsp3) is 0.636. The highest BCUT2D eigenvalue weighted by Crippen LogP contribution is 2.40. The van der Waals surface area contributed by atoms with Crippen molar-refractivity contribution >= 4 is 27.5 Å². The van der Waals surface area contributed by atoms with Gasteiger partial charge in [-0.2, -0.15) is 4.31 Å².